The lowest BCUT2D eigenvalue weighted by atomic mass is 10.0. The highest BCUT2D eigenvalue weighted by Crippen LogP contribution is 2.27. The van der Waals surface area contributed by atoms with Crippen molar-refractivity contribution < 1.29 is 9.90 Å². The number of aliphatic hydroxyl groups excluding tert-OH is 1. The predicted molar refractivity (Wildman–Crippen MR) is 90.5 cm³/mol. The van der Waals surface area contributed by atoms with Crippen molar-refractivity contribution in [2.24, 2.45) is 0 Å². The average molecular weight is 338 g/mol. The number of carbonyl (C=O) groups excluding carboxylic acids is 1. The Kier molecular flexibility index (Phi) is 5.54. The summed E-state index contributed by atoms with van der Waals surface area (Å²) in [6, 6.07) is 7.33. The summed E-state index contributed by atoms with van der Waals surface area (Å²) < 4.78 is 0. The standard InChI is InChI=1S/C17H24ClN3O2/c18-14-3-1-2-13(12-14)16(20-10-6-19-7-11-20)17(23)21-8-4-15(22)5-9-21/h1-3,12,15-16,19,22H,4-11H2. The number of hydrogen-bond donors (Lipinski definition) is 2. The number of nitrogens with zero attached hydrogens (tertiary/aromatic N) is 2. The maximum Gasteiger partial charge on any atom is 0.244 e. The lowest BCUT2D eigenvalue weighted by Crippen LogP contribution is -2.51. The van der Waals surface area contributed by atoms with Crippen LogP contribution in [0.3, 0.4) is 0 Å². The lowest BCUT2D eigenvalue weighted by molar-refractivity contribution is -0.139. The molecule has 2 N–H and O–H groups in total. The quantitative estimate of drug-likeness (QED) is 0.872. The minimum atomic E-state index is -0.286. The number of rotatable bonds is 3. The van der Waals surface area contributed by atoms with E-state index in [0.29, 0.717) is 31.0 Å². The number of carbonyl (C=O) groups is 1. The smallest absolute Gasteiger partial charge is 0.244 e. The summed E-state index contributed by atoms with van der Waals surface area (Å²) in [6.07, 6.45) is 1.05. The molecule has 0 aromatic heterocycles. The Morgan fingerprint density at radius 1 is 1.22 bits per heavy atom. The van der Waals surface area contributed by atoms with Crippen molar-refractivity contribution in [3.05, 3.63) is 34.9 Å². The zero-order valence-electron chi connectivity index (χ0n) is 13.2. The van der Waals surface area contributed by atoms with Crippen LogP contribution < -0.4 is 5.32 Å². The Hall–Kier alpha value is -1.14. The summed E-state index contributed by atoms with van der Waals surface area (Å²) >= 11 is 6.15. The molecule has 2 aliphatic heterocycles. The topological polar surface area (TPSA) is 55.8 Å². The van der Waals surface area contributed by atoms with Gasteiger partial charge in [0.05, 0.1) is 6.10 Å². The molecular formula is C17H24ClN3O2. The van der Waals surface area contributed by atoms with Gasteiger partial charge in [0.2, 0.25) is 5.91 Å². The van der Waals surface area contributed by atoms with E-state index in [1.165, 1.54) is 0 Å². The van der Waals surface area contributed by atoms with E-state index in [1.807, 2.05) is 29.2 Å². The molecule has 0 radical (unpaired) electrons. The van der Waals surface area contributed by atoms with Crippen molar-refractivity contribution in [3.63, 3.8) is 0 Å². The molecule has 5 nitrogen and oxygen atoms in total. The van der Waals surface area contributed by atoms with Gasteiger partial charge >= 0.3 is 0 Å². The van der Waals surface area contributed by atoms with E-state index >= 15 is 0 Å². The van der Waals surface area contributed by atoms with Crippen molar-refractivity contribution >= 4 is 17.5 Å². The third-order valence-corrected chi connectivity index (χ3v) is 4.93. The van der Waals surface area contributed by atoms with E-state index in [2.05, 4.69) is 10.2 Å². The molecule has 0 spiro atoms. The molecule has 0 bridgehead atoms. The van der Waals surface area contributed by atoms with Crippen molar-refractivity contribution in [2.75, 3.05) is 39.3 Å². The van der Waals surface area contributed by atoms with Gasteiger partial charge in [-0.05, 0) is 30.5 Å². The molecule has 1 aromatic rings. The Bertz CT molecular complexity index is 540. The van der Waals surface area contributed by atoms with Crippen LogP contribution in [0.1, 0.15) is 24.4 Å². The number of aliphatic hydroxyl groups is 1. The van der Waals surface area contributed by atoms with Crippen LogP contribution in [0.25, 0.3) is 0 Å². The largest absolute Gasteiger partial charge is 0.393 e. The molecule has 2 fully saturated rings. The van der Waals surface area contributed by atoms with Crippen LogP contribution in [0.4, 0.5) is 0 Å². The molecule has 1 amide bonds. The number of benzene rings is 1. The third-order valence-electron chi connectivity index (χ3n) is 4.69. The molecule has 2 saturated heterocycles. The fourth-order valence-electron chi connectivity index (χ4n) is 3.39. The molecule has 0 saturated carbocycles. The van der Waals surface area contributed by atoms with E-state index in [-0.39, 0.29) is 18.1 Å². The zero-order chi connectivity index (χ0) is 16.2. The Morgan fingerprint density at radius 3 is 2.57 bits per heavy atom. The molecule has 2 aliphatic rings. The van der Waals surface area contributed by atoms with Crippen LogP contribution in [0.5, 0.6) is 0 Å². The highest BCUT2D eigenvalue weighted by Gasteiger charge is 2.33. The van der Waals surface area contributed by atoms with Crippen LogP contribution in [0.2, 0.25) is 5.02 Å². The first-order valence-electron chi connectivity index (χ1n) is 8.32. The summed E-state index contributed by atoms with van der Waals surface area (Å²) in [5, 5.41) is 13.7. The lowest BCUT2D eigenvalue weighted by Gasteiger charge is -2.39. The van der Waals surface area contributed by atoms with Crippen LogP contribution in [0.15, 0.2) is 24.3 Å². The second-order valence-corrected chi connectivity index (χ2v) is 6.74. The van der Waals surface area contributed by atoms with Gasteiger partial charge in [-0.3, -0.25) is 9.69 Å². The average Bonchev–Trinajstić information content (AvgIpc) is 2.57. The van der Waals surface area contributed by atoms with Crippen LogP contribution in [-0.2, 0) is 4.79 Å². The maximum absolute atomic E-state index is 13.2. The fourth-order valence-corrected chi connectivity index (χ4v) is 3.58. The van der Waals surface area contributed by atoms with Gasteiger partial charge in [-0.15, -0.1) is 0 Å². The number of piperazine rings is 1. The van der Waals surface area contributed by atoms with E-state index < -0.39 is 0 Å². The molecule has 6 heteroatoms. The van der Waals surface area contributed by atoms with Gasteiger partial charge < -0.3 is 15.3 Å². The van der Waals surface area contributed by atoms with Crippen LogP contribution in [-0.4, -0.2) is 66.2 Å². The second-order valence-electron chi connectivity index (χ2n) is 6.30. The van der Waals surface area contributed by atoms with E-state index in [1.54, 1.807) is 0 Å². The summed E-state index contributed by atoms with van der Waals surface area (Å²) in [7, 11) is 0. The van der Waals surface area contributed by atoms with Gasteiger partial charge in [-0.1, -0.05) is 23.7 Å². The number of halogens is 1. The highest BCUT2D eigenvalue weighted by molar-refractivity contribution is 6.30. The molecule has 1 atom stereocenters. The first kappa shape index (κ1) is 16.7. The first-order chi connectivity index (χ1) is 11.1. The first-order valence-corrected chi connectivity index (χ1v) is 8.70. The number of nitrogens with one attached hydrogen (secondary N) is 1. The van der Waals surface area contributed by atoms with Crippen molar-refractivity contribution in [3.8, 4) is 0 Å². The molecule has 2 heterocycles. The summed E-state index contributed by atoms with van der Waals surface area (Å²) in [4.78, 5) is 17.3. The molecular weight excluding hydrogens is 314 g/mol. The van der Waals surface area contributed by atoms with Gasteiger partial charge in [0, 0.05) is 44.3 Å². The SMILES string of the molecule is O=C(C(c1cccc(Cl)c1)N1CCNCC1)N1CCC(O)CC1. The van der Waals surface area contributed by atoms with Gasteiger partial charge in [0.1, 0.15) is 6.04 Å². The van der Waals surface area contributed by atoms with Crippen LogP contribution in [0, 0.1) is 0 Å². The predicted octanol–water partition coefficient (Wildman–Crippen LogP) is 1.27. The van der Waals surface area contributed by atoms with E-state index in [4.69, 9.17) is 11.6 Å². The minimum Gasteiger partial charge on any atom is -0.393 e. The molecule has 3 rings (SSSR count). The molecule has 0 aliphatic carbocycles. The highest BCUT2D eigenvalue weighted by atomic mass is 35.5. The molecule has 126 valence electrons. The normalized spacial score (nSPS) is 22.1. The Balaban J connectivity index is 1.83. The van der Waals surface area contributed by atoms with Gasteiger partial charge in [0.25, 0.3) is 0 Å². The molecule has 1 aromatic carbocycles. The summed E-state index contributed by atoms with van der Waals surface area (Å²) in [5.74, 6) is 0.126. The number of likely N-dealkylation sites (tertiary alicyclic amines) is 1. The van der Waals surface area contributed by atoms with E-state index in [0.717, 1.165) is 31.7 Å². The summed E-state index contributed by atoms with van der Waals surface area (Å²) in [5.41, 5.74) is 0.954. The van der Waals surface area contributed by atoms with Gasteiger partial charge in [0.15, 0.2) is 0 Å². The molecule has 23 heavy (non-hydrogen) atoms. The zero-order valence-corrected chi connectivity index (χ0v) is 14.0. The van der Waals surface area contributed by atoms with E-state index in [9.17, 15) is 9.90 Å². The second kappa shape index (κ2) is 7.62. The van der Waals surface area contributed by atoms with Crippen molar-refractivity contribution in [2.45, 2.75) is 25.0 Å². The maximum atomic E-state index is 13.2. The fraction of sp³-hybridized carbons (Fsp3) is 0.588. The Morgan fingerprint density at radius 2 is 1.91 bits per heavy atom. The van der Waals surface area contributed by atoms with Gasteiger partial charge in [-0.25, -0.2) is 0 Å². The van der Waals surface area contributed by atoms with Crippen molar-refractivity contribution in [1.82, 2.24) is 15.1 Å². The monoisotopic (exact) mass is 337 g/mol. The van der Waals surface area contributed by atoms with Crippen molar-refractivity contribution in [1.29, 1.82) is 0 Å². The van der Waals surface area contributed by atoms with Gasteiger partial charge in [-0.2, -0.15) is 0 Å². The Labute approximate surface area is 142 Å². The number of piperidine rings is 1. The molecule has 1 unspecified atom stereocenters. The minimum absolute atomic E-state index is 0.126. The number of amides is 1. The number of hydrogen-bond acceptors (Lipinski definition) is 4. The van der Waals surface area contributed by atoms with Crippen LogP contribution >= 0.6 is 11.6 Å². The summed E-state index contributed by atoms with van der Waals surface area (Å²) in [6.45, 7) is 4.73. The third kappa shape index (κ3) is 4.04.